The standard InChI is InChI=1S/C52H34N2OS/c1-3-13-36(14-4-1)53(39-28-32-50-47(33-39)44-19-9-11-21-49(44)55-50)38-25-23-35(24-26-38)41-30-31-48(43-18-8-7-17-42(41)43)54(37-15-5-2-6-16-37)40-27-29-46-45-20-10-12-22-51(45)56-52(46)34-40/h1-34H. The molecule has 0 N–H and O–H groups in total. The van der Waals surface area contributed by atoms with Crippen LogP contribution in [0.15, 0.2) is 211 Å². The van der Waals surface area contributed by atoms with Gasteiger partial charge in [0.2, 0.25) is 0 Å². The Morgan fingerprint density at radius 1 is 0.321 bits per heavy atom. The minimum atomic E-state index is 0.889. The fourth-order valence-corrected chi connectivity index (χ4v) is 9.39. The summed E-state index contributed by atoms with van der Waals surface area (Å²) in [5.41, 5.74) is 10.8. The van der Waals surface area contributed by atoms with Crippen LogP contribution < -0.4 is 9.80 Å². The third kappa shape index (κ3) is 5.42. The number of nitrogens with zero attached hydrogens (tertiary/aromatic N) is 2. The summed E-state index contributed by atoms with van der Waals surface area (Å²) < 4.78 is 8.78. The molecule has 0 atom stereocenters. The zero-order valence-corrected chi connectivity index (χ0v) is 31.2. The maximum Gasteiger partial charge on any atom is 0.135 e. The Hall–Kier alpha value is -7.14. The molecule has 264 valence electrons. The molecule has 4 heteroatoms. The second kappa shape index (κ2) is 13.3. The lowest BCUT2D eigenvalue weighted by atomic mass is 9.96. The van der Waals surface area contributed by atoms with Crippen LogP contribution in [-0.2, 0) is 0 Å². The highest BCUT2D eigenvalue weighted by Crippen LogP contribution is 2.45. The number of hydrogen-bond acceptors (Lipinski definition) is 4. The summed E-state index contributed by atoms with van der Waals surface area (Å²) in [5.74, 6) is 0. The van der Waals surface area contributed by atoms with Gasteiger partial charge in [-0.05, 0) is 101 Å². The van der Waals surface area contributed by atoms with Crippen LogP contribution in [0.25, 0.3) is 64.0 Å². The van der Waals surface area contributed by atoms with Crippen molar-refractivity contribution in [1.29, 1.82) is 0 Å². The number of hydrogen-bond donors (Lipinski definition) is 0. The average Bonchev–Trinajstić information content (AvgIpc) is 3.83. The van der Waals surface area contributed by atoms with Gasteiger partial charge in [0.15, 0.2) is 0 Å². The van der Waals surface area contributed by atoms with E-state index in [0.717, 1.165) is 56.1 Å². The quantitative estimate of drug-likeness (QED) is 0.163. The molecule has 0 radical (unpaired) electrons. The largest absolute Gasteiger partial charge is 0.456 e. The molecule has 11 rings (SSSR count). The highest BCUT2D eigenvalue weighted by atomic mass is 32.1. The second-order valence-electron chi connectivity index (χ2n) is 14.1. The second-order valence-corrected chi connectivity index (χ2v) is 15.2. The van der Waals surface area contributed by atoms with Gasteiger partial charge in [0.1, 0.15) is 11.2 Å². The smallest absolute Gasteiger partial charge is 0.135 e. The fraction of sp³-hybridized carbons (Fsp3) is 0. The van der Waals surface area contributed by atoms with Crippen LogP contribution in [0.5, 0.6) is 0 Å². The van der Waals surface area contributed by atoms with E-state index in [9.17, 15) is 0 Å². The first-order chi connectivity index (χ1) is 27.8. The molecule has 0 saturated heterocycles. The van der Waals surface area contributed by atoms with Crippen LogP contribution >= 0.6 is 11.3 Å². The molecule has 0 unspecified atom stereocenters. The lowest BCUT2D eigenvalue weighted by molar-refractivity contribution is 0.669. The molecule has 56 heavy (non-hydrogen) atoms. The minimum Gasteiger partial charge on any atom is -0.456 e. The van der Waals surface area contributed by atoms with Crippen LogP contribution in [0.2, 0.25) is 0 Å². The molecule has 0 fully saturated rings. The van der Waals surface area contributed by atoms with Crippen LogP contribution in [-0.4, -0.2) is 0 Å². The molecule has 0 saturated carbocycles. The third-order valence-electron chi connectivity index (χ3n) is 10.8. The zero-order chi connectivity index (χ0) is 37.0. The molecule has 0 spiro atoms. The Labute approximate surface area is 328 Å². The van der Waals surface area contributed by atoms with Gasteiger partial charge in [0.05, 0.1) is 5.69 Å². The summed E-state index contributed by atoms with van der Waals surface area (Å²) >= 11 is 1.85. The van der Waals surface area contributed by atoms with Crippen LogP contribution in [0.3, 0.4) is 0 Å². The molecule has 0 aliphatic heterocycles. The van der Waals surface area contributed by atoms with Gasteiger partial charge in [-0.1, -0.05) is 121 Å². The Kier molecular flexibility index (Phi) is 7.68. The van der Waals surface area contributed by atoms with Gasteiger partial charge in [-0.3, -0.25) is 0 Å². The van der Waals surface area contributed by atoms with E-state index in [1.807, 2.05) is 23.5 Å². The molecule has 0 aliphatic rings. The summed E-state index contributed by atoms with van der Waals surface area (Å²) in [5, 5.41) is 7.24. The van der Waals surface area contributed by atoms with E-state index in [0.29, 0.717) is 0 Å². The first-order valence-electron chi connectivity index (χ1n) is 18.9. The lowest BCUT2D eigenvalue weighted by Crippen LogP contribution is -2.10. The van der Waals surface area contributed by atoms with Crippen molar-refractivity contribution in [1.82, 2.24) is 0 Å². The van der Waals surface area contributed by atoms with E-state index in [-0.39, 0.29) is 0 Å². The number of para-hydroxylation sites is 3. The van der Waals surface area contributed by atoms with Crippen molar-refractivity contribution in [2.24, 2.45) is 0 Å². The normalized spacial score (nSPS) is 11.6. The molecule has 2 aromatic heterocycles. The summed E-state index contributed by atoms with van der Waals surface area (Å²) in [4.78, 5) is 4.72. The van der Waals surface area contributed by atoms with E-state index in [1.165, 1.54) is 42.1 Å². The van der Waals surface area contributed by atoms with Crippen molar-refractivity contribution < 1.29 is 4.42 Å². The first-order valence-corrected chi connectivity index (χ1v) is 19.7. The number of rotatable bonds is 7. The molecule has 0 bridgehead atoms. The first kappa shape index (κ1) is 32.3. The summed E-state index contributed by atoms with van der Waals surface area (Å²) in [6.07, 6.45) is 0. The van der Waals surface area contributed by atoms with Gasteiger partial charge in [-0.2, -0.15) is 0 Å². The molecule has 0 amide bonds. The monoisotopic (exact) mass is 734 g/mol. The maximum atomic E-state index is 6.18. The van der Waals surface area contributed by atoms with Crippen LogP contribution in [0.4, 0.5) is 34.1 Å². The number of anilines is 6. The lowest BCUT2D eigenvalue weighted by Gasteiger charge is -2.28. The summed E-state index contributed by atoms with van der Waals surface area (Å²) in [7, 11) is 0. The van der Waals surface area contributed by atoms with Crippen molar-refractivity contribution in [3.63, 3.8) is 0 Å². The summed E-state index contributed by atoms with van der Waals surface area (Å²) in [6.45, 7) is 0. The minimum absolute atomic E-state index is 0.889. The van der Waals surface area contributed by atoms with Gasteiger partial charge >= 0.3 is 0 Å². The van der Waals surface area contributed by atoms with Gasteiger partial charge in [-0.15, -0.1) is 11.3 Å². The molecule has 11 aromatic rings. The Morgan fingerprint density at radius 3 is 1.66 bits per heavy atom. The van der Waals surface area contributed by atoms with Crippen molar-refractivity contribution in [3.8, 4) is 11.1 Å². The predicted octanol–water partition coefficient (Wildman–Crippen LogP) is 15.7. The predicted molar refractivity (Wildman–Crippen MR) is 239 cm³/mol. The van der Waals surface area contributed by atoms with Crippen molar-refractivity contribution in [3.05, 3.63) is 206 Å². The number of furan rings is 1. The van der Waals surface area contributed by atoms with E-state index in [4.69, 9.17) is 4.42 Å². The zero-order valence-electron chi connectivity index (χ0n) is 30.3. The molecular formula is C52H34N2OS. The Morgan fingerprint density at radius 2 is 0.875 bits per heavy atom. The molecule has 2 heterocycles. The maximum absolute atomic E-state index is 6.18. The van der Waals surface area contributed by atoms with E-state index < -0.39 is 0 Å². The molecule has 0 aliphatic carbocycles. The molecule has 3 nitrogen and oxygen atoms in total. The summed E-state index contributed by atoms with van der Waals surface area (Å²) in [6, 6.07) is 73.9. The van der Waals surface area contributed by atoms with Crippen LogP contribution in [0.1, 0.15) is 0 Å². The molecule has 9 aromatic carbocycles. The Balaban J connectivity index is 1.01. The van der Waals surface area contributed by atoms with Crippen molar-refractivity contribution in [2.45, 2.75) is 0 Å². The average molecular weight is 735 g/mol. The highest BCUT2D eigenvalue weighted by molar-refractivity contribution is 7.25. The van der Waals surface area contributed by atoms with Crippen molar-refractivity contribution >= 4 is 98.3 Å². The number of benzene rings is 9. The topological polar surface area (TPSA) is 19.6 Å². The van der Waals surface area contributed by atoms with Crippen LogP contribution in [0, 0.1) is 0 Å². The van der Waals surface area contributed by atoms with Gasteiger partial charge in [0, 0.05) is 64.8 Å². The van der Waals surface area contributed by atoms with Gasteiger partial charge in [-0.25, -0.2) is 0 Å². The molecular weight excluding hydrogens is 701 g/mol. The van der Waals surface area contributed by atoms with Gasteiger partial charge in [0.25, 0.3) is 0 Å². The fourth-order valence-electron chi connectivity index (χ4n) is 8.26. The van der Waals surface area contributed by atoms with Crippen molar-refractivity contribution in [2.75, 3.05) is 9.80 Å². The van der Waals surface area contributed by atoms with E-state index >= 15 is 0 Å². The van der Waals surface area contributed by atoms with E-state index in [2.05, 4.69) is 204 Å². The van der Waals surface area contributed by atoms with E-state index in [1.54, 1.807) is 0 Å². The number of fused-ring (bicyclic) bond motifs is 7. The third-order valence-corrected chi connectivity index (χ3v) is 12.0. The number of thiophene rings is 1. The van der Waals surface area contributed by atoms with Gasteiger partial charge < -0.3 is 14.2 Å². The SMILES string of the molecule is c1ccc(N(c2ccc(-c3ccc(N(c4ccccc4)c4ccc5c(c4)sc4ccccc45)c4ccccc34)cc2)c2ccc3oc4ccccc4c3c2)cc1. The highest BCUT2D eigenvalue weighted by Gasteiger charge is 2.20. The Bertz CT molecular complexity index is 3200.